The smallest absolute Gasteiger partial charge is 0.191 e. The van der Waals surface area contributed by atoms with E-state index < -0.39 is 0 Å². The Labute approximate surface area is 165 Å². The van der Waals surface area contributed by atoms with E-state index in [2.05, 4.69) is 53.1 Å². The first-order valence-corrected chi connectivity index (χ1v) is 10.6. The third kappa shape index (κ3) is 7.94. The van der Waals surface area contributed by atoms with Crippen LogP contribution in [0, 0.1) is 11.8 Å². The Hall–Kier alpha value is -0.890. The van der Waals surface area contributed by atoms with Crippen molar-refractivity contribution in [1.29, 1.82) is 0 Å². The van der Waals surface area contributed by atoms with E-state index in [4.69, 9.17) is 9.47 Å². The van der Waals surface area contributed by atoms with Gasteiger partial charge in [-0.05, 0) is 11.8 Å². The number of hydrogen-bond donors (Lipinski definition) is 2. The molecule has 0 bridgehead atoms. The Bertz CT molecular complexity index is 438. The molecule has 27 heavy (non-hydrogen) atoms. The molecule has 0 amide bonds. The van der Waals surface area contributed by atoms with Crippen molar-refractivity contribution in [2.24, 2.45) is 16.8 Å². The van der Waals surface area contributed by atoms with Gasteiger partial charge in [0.1, 0.15) is 0 Å². The van der Waals surface area contributed by atoms with Gasteiger partial charge in [0.25, 0.3) is 0 Å². The number of nitrogens with zero attached hydrogens (tertiary/aromatic N) is 3. The minimum atomic E-state index is 0.219. The molecule has 2 aliphatic heterocycles. The summed E-state index contributed by atoms with van der Waals surface area (Å²) in [5, 5.41) is 6.97. The summed E-state index contributed by atoms with van der Waals surface area (Å²) in [5.41, 5.74) is 0. The molecule has 0 spiro atoms. The molecule has 0 saturated carbocycles. The Morgan fingerprint density at radius 2 is 1.81 bits per heavy atom. The first-order chi connectivity index (χ1) is 13.0. The highest BCUT2D eigenvalue weighted by atomic mass is 16.5. The van der Waals surface area contributed by atoms with Crippen LogP contribution >= 0.6 is 0 Å². The van der Waals surface area contributed by atoms with E-state index in [1.807, 2.05) is 7.05 Å². The largest absolute Gasteiger partial charge is 0.379 e. The average Bonchev–Trinajstić information content (AvgIpc) is 2.65. The van der Waals surface area contributed by atoms with Gasteiger partial charge in [-0.3, -0.25) is 14.8 Å². The normalized spacial score (nSPS) is 24.4. The summed E-state index contributed by atoms with van der Waals surface area (Å²) in [4.78, 5) is 9.43. The summed E-state index contributed by atoms with van der Waals surface area (Å²) in [6.07, 6.45) is 0.219. The molecule has 2 N–H and O–H groups in total. The van der Waals surface area contributed by atoms with Crippen molar-refractivity contribution in [2.45, 2.75) is 39.8 Å². The van der Waals surface area contributed by atoms with Crippen LogP contribution in [0.25, 0.3) is 0 Å². The maximum atomic E-state index is 5.93. The van der Waals surface area contributed by atoms with Gasteiger partial charge in [0.05, 0.1) is 25.9 Å². The van der Waals surface area contributed by atoms with Crippen LogP contribution in [0.2, 0.25) is 0 Å². The Kier molecular flexibility index (Phi) is 9.82. The van der Waals surface area contributed by atoms with Crippen LogP contribution in [0.15, 0.2) is 4.99 Å². The maximum Gasteiger partial charge on any atom is 0.191 e. The lowest BCUT2D eigenvalue weighted by molar-refractivity contribution is -0.0284. The van der Waals surface area contributed by atoms with Crippen molar-refractivity contribution in [3.05, 3.63) is 0 Å². The molecule has 2 saturated heterocycles. The summed E-state index contributed by atoms with van der Waals surface area (Å²) in [5.74, 6) is 2.14. The van der Waals surface area contributed by atoms with Gasteiger partial charge in [-0.1, -0.05) is 27.7 Å². The molecule has 7 nitrogen and oxygen atoms in total. The molecule has 158 valence electrons. The Morgan fingerprint density at radius 3 is 2.44 bits per heavy atom. The minimum Gasteiger partial charge on any atom is -0.379 e. The highest BCUT2D eigenvalue weighted by molar-refractivity contribution is 5.79. The quantitative estimate of drug-likeness (QED) is 0.479. The first-order valence-electron chi connectivity index (χ1n) is 10.6. The number of ether oxygens (including phenoxy) is 2. The molecule has 7 heteroatoms. The Balaban J connectivity index is 1.75. The van der Waals surface area contributed by atoms with Gasteiger partial charge in [-0.15, -0.1) is 0 Å². The van der Waals surface area contributed by atoms with E-state index in [0.717, 1.165) is 71.6 Å². The lowest BCUT2D eigenvalue weighted by atomic mass is 10.0. The van der Waals surface area contributed by atoms with Crippen molar-refractivity contribution in [1.82, 2.24) is 20.4 Å². The van der Waals surface area contributed by atoms with Crippen LogP contribution in [0.4, 0.5) is 0 Å². The monoisotopic (exact) mass is 383 g/mol. The molecule has 2 heterocycles. The Morgan fingerprint density at radius 1 is 1.07 bits per heavy atom. The van der Waals surface area contributed by atoms with Gasteiger partial charge in [-0.2, -0.15) is 0 Å². The SMILES string of the molecule is CN=C(NCC1CN(CC(C)C)CCO1)NCC(C(C)C)N1CCOCC1. The van der Waals surface area contributed by atoms with Crippen molar-refractivity contribution in [3.63, 3.8) is 0 Å². The first kappa shape index (κ1) is 22.4. The molecule has 2 rings (SSSR count). The second-order valence-electron chi connectivity index (χ2n) is 8.44. The third-order valence-electron chi connectivity index (χ3n) is 5.33. The van der Waals surface area contributed by atoms with Gasteiger partial charge in [0.2, 0.25) is 0 Å². The molecular weight excluding hydrogens is 342 g/mol. The fraction of sp³-hybridized carbons (Fsp3) is 0.950. The highest BCUT2D eigenvalue weighted by Gasteiger charge is 2.24. The minimum absolute atomic E-state index is 0.219. The summed E-state index contributed by atoms with van der Waals surface area (Å²) < 4.78 is 11.4. The van der Waals surface area contributed by atoms with Crippen molar-refractivity contribution in [3.8, 4) is 0 Å². The zero-order valence-corrected chi connectivity index (χ0v) is 18.0. The predicted octanol–water partition coefficient (Wildman–Crippen LogP) is 0.865. The van der Waals surface area contributed by atoms with E-state index in [1.165, 1.54) is 0 Å². The second kappa shape index (κ2) is 11.8. The van der Waals surface area contributed by atoms with Crippen LogP contribution in [0.1, 0.15) is 27.7 Å². The summed E-state index contributed by atoms with van der Waals surface area (Å²) in [6, 6.07) is 0.486. The van der Waals surface area contributed by atoms with Gasteiger partial charge in [-0.25, -0.2) is 0 Å². The zero-order valence-electron chi connectivity index (χ0n) is 18.0. The lowest BCUT2D eigenvalue weighted by Crippen LogP contribution is -2.54. The molecule has 0 aliphatic carbocycles. The fourth-order valence-corrected chi connectivity index (χ4v) is 3.91. The molecular formula is C20H41N5O2. The number of guanidine groups is 1. The lowest BCUT2D eigenvalue weighted by Gasteiger charge is -2.37. The molecule has 0 aromatic heterocycles. The van der Waals surface area contributed by atoms with Gasteiger partial charge in [0, 0.05) is 58.9 Å². The number of nitrogens with one attached hydrogen (secondary N) is 2. The highest BCUT2D eigenvalue weighted by Crippen LogP contribution is 2.12. The van der Waals surface area contributed by atoms with E-state index >= 15 is 0 Å². The van der Waals surface area contributed by atoms with Gasteiger partial charge >= 0.3 is 0 Å². The molecule has 2 aliphatic rings. The van der Waals surface area contributed by atoms with Crippen LogP contribution < -0.4 is 10.6 Å². The third-order valence-corrected chi connectivity index (χ3v) is 5.33. The number of aliphatic imine (C=N–C) groups is 1. The molecule has 0 radical (unpaired) electrons. The van der Waals surface area contributed by atoms with E-state index in [1.54, 1.807) is 0 Å². The molecule has 2 atom stereocenters. The predicted molar refractivity (Wildman–Crippen MR) is 111 cm³/mol. The van der Waals surface area contributed by atoms with E-state index in [9.17, 15) is 0 Å². The van der Waals surface area contributed by atoms with Crippen molar-refractivity contribution < 1.29 is 9.47 Å². The van der Waals surface area contributed by atoms with E-state index in [-0.39, 0.29) is 6.10 Å². The van der Waals surface area contributed by atoms with Crippen LogP contribution in [0.5, 0.6) is 0 Å². The second-order valence-corrected chi connectivity index (χ2v) is 8.44. The number of hydrogen-bond acceptors (Lipinski definition) is 5. The van der Waals surface area contributed by atoms with Crippen LogP contribution in [0.3, 0.4) is 0 Å². The van der Waals surface area contributed by atoms with Gasteiger partial charge in [0.15, 0.2) is 5.96 Å². The van der Waals surface area contributed by atoms with Crippen LogP contribution in [-0.2, 0) is 9.47 Å². The average molecular weight is 384 g/mol. The van der Waals surface area contributed by atoms with Crippen molar-refractivity contribution >= 4 is 5.96 Å². The maximum absolute atomic E-state index is 5.93. The standard InChI is InChI=1S/C20H41N5O2/c1-16(2)14-24-6-11-27-18(15-24)12-22-20(21-5)23-13-19(17(3)4)25-7-9-26-10-8-25/h16-19H,6-15H2,1-5H3,(H2,21,22,23). The van der Waals surface area contributed by atoms with Crippen LogP contribution in [-0.4, -0.2) is 101 Å². The molecule has 2 fully saturated rings. The number of morpholine rings is 2. The molecule has 2 unspecified atom stereocenters. The zero-order chi connectivity index (χ0) is 19.6. The van der Waals surface area contributed by atoms with Gasteiger partial charge < -0.3 is 20.1 Å². The topological polar surface area (TPSA) is 61.4 Å². The summed E-state index contributed by atoms with van der Waals surface area (Å²) in [7, 11) is 1.83. The fourth-order valence-electron chi connectivity index (χ4n) is 3.91. The van der Waals surface area contributed by atoms with Crippen molar-refractivity contribution in [2.75, 3.05) is 72.7 Å². The molecule has 0 aromatic rings. The number of rotatable bonds is 8. The molecule has 0 aromatic carbocycles. The summed E-state index contributed by atoms with van der Waals surface area (Å²) in [6.45, 7) is 18.5. The van der Waals surface area contributed by atoms with E-state index in [0.29, 0.717) is 17.9 Å². The summed E-state index contributed by atoms with van der Waals surface area (Å²) >= 11 is 0.